The van der Waals surface area contributed by atoms with Crippen molar-refractivity contribution in [1.82, 2.24) is 23.8 Å². The number of pyridine rings is 2. The standard InChI is InChI=1S/C28H35N7O4S/c1-17-26(30-24-13-20(14-25(39-3)35(17)24)28(36)33-11-5-6-21(29)16-33)22-12-19-9-10-23(32(2)40(4,37)38)31-27(19)34(22)15-18-7-8-18/h9-10,12-14,18,21H,5-8,11,15-16,29H2,1-4H3/t21-/m1/s1. The van der Waals surface area contributed by atoms with Crippen LogP contribution in [0.2, 0.25) is 0 Å². The highest BCUT2D eigenvalue weighted by Gasteiger charge is 2.28. The molecule has 1 aliphatic heterocycles. The molecule has 2 aliphatic rings. The fourth-order valence-electron chi connectivity index (χ4n) is 5.57. The maximum absolute atomic E-state index is 13.4. The SMILES string of the molecule is COc1cc(C(=O)N2CCC[C@@H](N)C2)cc2nc(-c3cc4ccc(N(C)S(C)(=O)=O)nc4n3CC3CC3)c(C)n12. The van der Waals surface area contributed by atoms with Crippen LogP contribution in [0.4, 0.5) is 5.82 Å². The maximum atomic E-state index is 13.4. The largest absolute Gasteiger partial charge is 0.482 e. The van der Waals surface area contributed by atoms with Gasteiger partial charge in [-0.3, -0.25) is 13.5 Å². The van der Waals surface area contributed by atoms with Crippen molar-refractivity contribution in [2.45, 2.75) is 45.2 Å². The van der Waals surface area contributed by atoms with Crippen molar-refractivity contribution < 1.29 is 17.9 Å². The Bertz CT molecular complexity index is 1740. The van der Waals surface area contributed by atoms with Crippen molar-refractivity contribution in [2.75, 3.05) is 37.8 Å². The minimum atomic E-state index is -3.45. The number of methoxy groups -OCH3 is 1. The third-order valence-electron chi connectivity index (χ3n) is 8.05. The number of hydrogen-bond donors (Lipinski definition) is 1. The van der Waals surface area contributed by atoms with Crippen LogP contribution in [0.25, 0.3) is 28.1 Å². The number of carbonyl (C=O) groups is 1. The van der Waals surface area contributed by atoms with E-state index in [9.17, 15) is 13.2 Å². The Labute approximate surface area is 233 Å². The molecule has 11 nitrogen and oxygen atoms in total. The molecular formula is C28H35N7O4S. The number of likely N-dealkylation sites (tertiary alicyclic amines) is 1. The number of nitrogens with two attached hydrogens (primary N) is 1. The van der Waals surface area contributed by atoms with E-state index in [1.807, 2.05) is 23.5 Å². The van der Waals surface area contributed by atoms with E-state index >= 15 is 0 Å². The molecule has 1 aliphatic carbocycles. The van der Waals surface area contributed by atoms with Crippen molar-refractivity contribution in [3.8, 4) is 17.3 Å². The lowest BCUT2D eigenvalue weighted by molar-refractivity contribution is 0.0708. The van der Waals surface area contributed by atoms with Crippen LogP contribution in [-0.4, -0.2) is 77.7 Å². The number of piperidine rings is 1. The van der Waals surface area contributed by atoms with Crippen LogP contribution in [0.1, 0.15) is 41.7 Å². The van der Waals surface area contributed by atoms with Crippen LogP contribution < -0.4 is 14.8 Å². The van der Waals surface area contributed by atoms with Crippen LogP contribution in [0, 0.1) is 12.8 Å². The minimum Gasteiger partial charge on any atom is -0.482 e. The summed E-state index contributed by atoms with van der Waals surface area (Å²) in [5.41, 5.74) is 10.5. The summed E-state index contributed by atoms with van der Waals surface area (Å²) in [6.45, 7) is 3.97. The molecule has 0 aromatic carbocycles. The second-order valence-electron chi connectivity index (χ2n) is 11.1. The van der Waals surface area contributed by atoms with Gasteiger partial charge in [0, 0.05) is 49.7 Å². The van der Waals surface area contributed by atoms with Gasteiger partial charge >= 0.3 is 0 Å². The second kappa shape index (κ2) is 9.77. The first-order valence-corrected chi connectivity index (χ1v) is 15.5. The van der Waals surface area contributed by atoms with Gasteiger partial charge in [-0.2, -0.15) is 0 Å². The molecule has 0 bridgehead atoms. The summed E-state index contributed by atoms with van der Waals surface area (Å²) < 4.78 is 35.4. The molecule has 0 radical (unpaired) electrons. The molecule has 0 unspecified atom stereocenters. The van der Waals surface area contributed by atoms with Crippen LogP contribution in [0.5, 0.6) is 5.88 Å². The summed E-state index contributed by atoms with van der Waals surface area (Å²) in [4.78, 5) is 25.0. The summed E-state index contributed by atoms with van der Waals surface area (Å²) in [7, 11) is -0.356. The molecule has 2 fully saturated rings. The number of imidazole rings is 1. The Morgan fingerprint density at radius 3 is 2.62 bits per heavy atom. The normalized spacial score (nSPS) is 18.0. The highest BCUT2D eigenvalue weighted by Crippen LogP contribution is 2.37. The first-order chi connectivity index (χ1) is 19.0. The second-order valence-corrected chi connectivity index (χ2v) is 13.1. The number of nitrogens with zero attached hydrogens (tertiary/aromatic N) is 6. The Morgan fingerprint density at radius 2 is 1.95 bits per heavy atom. The van der Waals surface area contributed by atoms with Crippen LogP contribution in [0.15, 0.2) is 30.3 Å². The lowest BCUT2D eigenvalue weighted by atomic mass is 10.1. The molecule has 2 N–H and O–H groups in total. The van der Waals surface area contributed by atoms with Crippen molar-refractivity contribution >= 4 is 38.4 Å². The number of aromatic nitrogens is 4. The van der Waals surface area contributed by atoms with Gasteiger partial charge in [-0.1, -0.05) is 0 Å². The monoisotopic (exact) mass is 565 g/mol. The summed E-state index contributed by atoms with van der Waals surface area (Å²) in [5.74, 6) is 1.36. The number of fused-ring (bicyclic) bond motifs is 2. The number of amides is 1. The molecule has 4 aromatic rings. The first kappa shape index (κ1) is 26.6. The van der Waals surface area contributed by atoms with Crippen molar-refractivity contribution in [2.24, 2.45) is 11.7 Å². The van der Waals surface area contributed by atoms with Gasteiger partial charge in [-0.05, 0) is 62.8 Å². The third kappa shape index (κ3) is 4.68. The highest BCUT2D eigenvalue weighted by molar-refractivity contribution is 7.92. The average Bonchev–Trinajstić information content (AvgIpc) is 3.60. The maximum Gasteiger partial charge on any atom is 0.254 e. The summed E-state index contributed by atoms with van der Waals surface area (Å²) in [6, 6.07) is 9.24. The first-order valence-electron chi connectivity index (χ1n) is 13.6. The van der Waals surface area contributed by atoms with Crippen LogP contribution in [-0.2, 0) is 16.6 Å². The highest BCUT2D eigenvalue weighted by atomic mass is 32.2. The molecule has 5 heterocycles. The Hall–Kier alpha value is -3.64. The number of ether oxygens (including phenoxy) is 1. The number of aryl methyl sites for hydroxylation is 1. The molecule has 1 saturated heterocycles. The van der Waals surface area contributed by atoms with E-state index in [0.29, 0.717) is 41.9 Å². The predicted molar refractivity (Wildman–Crippen MR) is 154 cm³/mol. The van der Waals surface area contributed by atoms with E-state index in [4.69, 9.17) is 20.4 Å². The minimum absolute atomic E-state index is 0.0108. The van der Waals surface area contributed by atoms with Gasteiger partial charge in [0.1, 0.15) is 22.8 Å². The van der Waals surface area contributed by atoms with Gasteiger partial charge in [0.25, 0.3) is 5.91 Å². The van der Waals surface area contributed by atoms with Gasteiger partial charge < -0.3 is 19.9 Å². The smallest absolute Gasteiger partial charge is 0.254 e. The summed E-state index contributed by atoms with van der Waals surface area (Å²) in [5, 5.41) is 0.905. The Balaban J connectivity index is 1.48. The van der Waals surface area contributed by atoms with Crippen LogP contribution >= 0.6 is 0 Å². The van der Waals surface area contributed by atoms with Crippen molar-refractivity contribution in [1.29, 1.82) is 0 Å². The van der Waals surface area contributed by atoms with E-state index in [1.165, 1.54) is 17.6 Å². The third-order valence-corrected chi connectivity index (χ3v) is 9.23. The van der Waals surface area contributed by atoms with Crippen molar-refractivity contribution in [3.05, 3.63) is 41.6 Å². The van der Waals surface area contributed by atoms with Gasteiger partial charge in [0.05, 0.1) is 24.8 Å². The number of rotatable bonds is 7. The number of hydrogen-bond acceptors (Lipinski definition) is 7. The molecule has 4 aromatic heterocycles. The molecule has 0 spiro atoms. The van der Waals surface area contributed by atoms with Crippen LogP contribution in [0.3, 0.4) is 0 Å². The lowest BCUT2D eigenvalue weighted by Crippen LogP contribution is -2.45. The molecule has 6 rings (SSSR count). The number of carbonyl (C=O) groups excluding carboxylic acids is 1. The summed E-state index contributed by atoms with van der Waals surface area (Å²) in [6.07, 6.45) is 5.27. The van der Waals surface area contributed by atoms with E-state index in [1.54, 1.807) is 24.1 Å². The molecule has 212 valence electrons. The molecule has 12 heteroatoms. The Morgan fingerprint density at radius 1 is 1.18 bits per heavy atom. The van der Waals surface area contributed by atoms with Crippen molar-refractivity contribution in [3.63, 3.8) is 0 Å². The van der Waals surface area contributed by atoms with E-state index in [0.717, 1.165) is 60.3 Å². The quantitative estimate of drug-likeness (QED) is 0.365. The summed E-state index contributed by atoms with van der Waals surface area (Å²) >= 11 is 0. The van der Waals surface area contributed by atoms with E-state index in [2.05, 4.69) is 10.6 Å². The number of anilines is 1. The fraction of sp³-hybridized carbons (Fsp3) is 0.464. The molecule has 1 atom stereocenters. The van der Waals surface area contributed by atoms with E-state index in [-0.39, 0.29) is 11.9 Å². The molecule has 40 heavy (non-hydrogen) atoms. The van der Waals surface area contributed by atoms with Gasteiger partial charge in [-0.15, -0.1) is 0 Å². The molecular weight excluding hydrogens is 530 g/mol. The fourth-order valence-corrected chi connectivity index (χ4v) is 6.01. The average molecular weight is 566 g/mol. The van der Waals surface area contributed by atoms with Gasteiger partial charge in [0.2, 0.25) is 10.0 Å². The van der Waals surface area contributed by atoms with E-state index < -0.39 is 10.0 Å². The zero-order valence-corrected chi connectivity index (χ0v) is 24.1. The predicted octanol–water partition coefficient (Wildman–Crippen LogP) is 3.04. The van der Waals surface area contributed by atoms with Gasteiger partial charge in [-0.25, -0.2) is 18.4 Å². The molecule has 1 saturated carbocycles. The number of sulfonamides is 1. The molecule has 1 amide bonds. The topological polar surface area (TPSA) is 128 Å². The lowest BCUT2D eigenvalue weighted by Gasteiger charge is -2.30. The zero-order valence-electron chi connectivity index (χ0n) is 23.3. The Kier molecular flexibility index (Phi) is 6.49. The van der Waals surface area contributed by atoms with Gasteiger partial charge in [0.15, 0.2) is 5.88 Å². The zero-order chi connectivity index (χ0) is 28.3.